The Morgan fingerprint density at radius 1 is 1.25 bits per heavy atom. The van der Waals surface area contributed by atoms with Gasteiger partial charge in [0.15, 0.2) is 0 Å². The zero-order chi connectivity index (χ0) is 19.8. The number of aromatic nitrogens is 2. The molecule has 0 atom stereocenters. The van der Waals surface area contributed by atoms with Gasteiger partial charge >= 0.3 is 0 Å². The van der Waals surface area contributed by atoms with Gasteiger partial charge in [0, 0.05) is 30.9 Å². The van der Waals surface area contributed by atoms with Gasteiger partial charge in [-0.1, -0.05) is 0 Å². The molecular formula is C21H21N5O2. The molecule has 0 radical (unpaired) electrons. The Hall–Kier alpha value is -3.66. The number of hydrogen-bond acceptors (Lipinski definition) is 6. The Morgan fingerprint density at radius 3 is 2.89 bits per heavy atom. The van der Waals surface area contributed by atoms with E-state index in [0.717, 1.165) is 16.7 Å². The predicted octanol–water partition coefficient (Wildman–Crippen LogP) is 3.13. The summed E-state index contributed by atoms with van der Waals surface area (Å²) in [6, 6.07) is 13.0. The van der Waals surface area contributed by atoms with Crippen LogP contribution in [0.1, 0.15) is 29.3 Å². The molecule has 0 aliphatic heterocycles. The lowest BCUT2D eigenvalue weighted by Gasteiger charge is -2.10. The van der Waals surface area contributed by atoms with Crippen LogP contribution in [0.15, 0.2) is 48.8 Å². The third-order valence-corrected chi connectivity index (χ3v) is 4.07. The molecule has 0 bridgehead atoms. The molecule has 3 rings (SSSR count). The zero-order valence-electron chi connectivity index (χ0n) is 15.6. The van der Waals surface area contributed by atoms with E-state index in [0.29, 0.717) is 43.1 Å². The van der Waals surface area contributed by atoms with Crippen LogP contribution in [-0.2, 0) is 0 Å². The molecule has 7 nitrogen and oxygen atoms in total. The molecule has 1 aromatic carbocycles. The Balaban J connectivity index is 1.57. The number of nitrogens with zero attached hydrogens (tertiary/aromatic N) is 3. The van der Waals surface area contributed by atoms with Gasteiger partial charge in [0.05, 0.1) is 23.3 Å². The maximum Gasteiger partial charge on any atom is 0.252 e. The zero-order valence-corrected chi connectivity index (χ0v) is 15.6. The smallest absolute Gasteiger partial charge is 0.252 e. The number of anilines is 1. The molecule has 28 heavy (non-hydrogen) atoms. The lowest BCUT2D eigenvalue weighted by molar-refractivity contribution is 0.0953. The van der Waals surface area contributed by atoms with Crippen LogP contribution >= 0.6 is 0 Å². The minimum atomic E-state index is -0.153. The van der Waals surface area contributed by atoms with Crippen LogP contribution in [0.4, 0.5) is 5.82 Å². The number of nitriles is 1. The van der Waals surface area contributed by atoms with Crippen molar-refractivity contribution < 1.29 is 9.53 Å². The average Bonchev–Trinajstić information content (AvgIpc) is 2.73. The van der Waals surface area contributed by atoms with Crippen molar-refractivity contribution >= 4 is 22.6 Å². The second-order valence-electron chi connectivity index (χ2n) is 6.06. The van der Waals surface area contributed by atoms with Crippen molar-refractivity contribution in [2.75, 3.05) is 25.0 Å². The van der Waals surface area contributed by atoms with Crippen molar-refractivity contribution in [2.24, 2.45) is 0 Å². The molecule has 0 aliphatic carbocycles. The number of hydrogen-bond donors (Lipinski definition) is 2. The van der Waals surface area contributed by atoms with Crippen molar-refractivity contribution in [1.29, 1.82) is 5.26 Å². The van der Waals surface area contributed by atoms with Gasteiger partial charge in [-0.15, -0.1) is 0 Å². The second kappa shape index (κ2) is 9.33. The van der Waals surface area contributed by atoms with Crippen LogP contribution in [-0.4, -0.2) is 35.6 Å². The fourth-order valence-corrected chi connectivity index (χ4v) is 2.73. The lowest BCUT2D eigenvalue weighted by Crippen LogP contribution is -2.26. The summed E-state index contributed by atoms with van der Waals surface area (Å²) in [7, 11) is 0. The van der Waals surface area contributed by atoms with Crippen LogP contribution in [0.5, 0.6) is 5.75 Å². The standard InChI is InChI=1S/C21H21N5O2/c1-2-28-18-6-7-19-16(12-18)11-17(13-22)20(26-19)24-9-4-10-25-21(27)15-5-3-8-23-14-15/h3,5-8,11-12,14H,2,4,9-10H2,1H3,(H,24,26)(H,25,27). The highest BCUT2D eigenvalue weighted by Crippen LogP contribution is 2.24. The Bertz CT molecular complexity index is 999. The van der Waals surface area contributed by atoms with Gasteiger partial charge in [-0.2, -0.15) is 5.26 Å². The predicted molar refractivity (Wildman–Crippen MR) is 107 cm³/mol. The third kappa shape index (κ3) is 4.74. The van der Waals surface area contributed by atoms with Crippen molar-refractivity contribution in [3.63, 3.8) is 0 Å². The maximum atomic E-state index is 12.0. The van der Waals surface area contributed by atoms with E-state index in [-0.39, 0.29) is 5.91 Å². The molecule has 0 aliphatic rings. The first-order valence-corrected chi connectivity index (χ1v) is 9.11. The quantitative estimate of drug-likeness (QED) is 0.587. The first-order chi connectivity index (χ1) is 13.7. The lowest BCUT2D eigenvalue weighted by atomic mass is 10.1. The van der Waals surface area contributed by atoms with Gasteiger partial charge in [0.1, 0.15) is 17.6 Å². The average molecular weight is 375 g/mol. The van der Waals surface area contributed by atoms with Crippen molar-refractivity contribution in [2.45, 2.75) is 13.3 Å². The van der Waals surface area contributed by atoms with Crippen LogP contribution in [0, 0.1) is 11.3 Å². The summed E-state index contributed by atoms with van der Waals surface area (Å²) in [6.45, 7) is 3.60. The fourth-order valence-electron chi connectivity index (χ4n) is 2.73. The summed E-state index contributed by atoms with van der Waals surface area (Å²) < 4.78 is 5.50. The Morgan fingerprint density at radius 2 is 2.14 bits per heavy atom. The molecule has 0 fully saturated rings. The number of ether oxygens (including phenoxy) is 1. The van der Waals surface area contributed by atoms with Gasteiger partial charge in [-0.05, 0) is 49.7 Å². The number of benzene rings is 1. The Labute approximate surface area is 163 Å². The highest BCUT2D eigenvalue weighted by molar-refractivity contribution is 5.93. The summed E-state index contributed by atoms with van der Waals surface area (Å²) in [5.41, 5.74) is 1.79. The first kappa shape index (κ1) is 19.1. The molecule has 0 saturated heterocycles. The summed E-state index contributed by atoms with van der Waals surface area (Å²) in [4.78, 5) is 20.4. The molecule has 7 heteroatoms. The van der Waals surface area contributed by atoms with Crippen LogP contribution in [0.25, 0.3) is 10.9 Å². The van der Waals surface area contributed by atoms with Crippen LogP contribution < -0.4 is 15.4 Å². The van der Waals surface area contributed by atoms with Crippen molar-refractivity contribution in [3.05, 3.63) is 59.9 Å². The van der Waals surface area contributed by atoms with Crippen molar-refractivity contribution in [1.82, 2.24) is 15.3 Å². The molecule has 0 spiro atoms. The number of pyridine rings is 2. The number of nitrogens with one attached hydrogen (secondary N) is 2. The van der Waals surface area contributed by atoms with E-state index in [4.69, 9.17) is 4.74 Å². The van der Waals surface area contributed by atoms with E-state index < -0.39 is 0 Å². The van der Waals surface area contributed by atoms with Crippen LogP contribution in [0.3, 0.4) is 0 Å². The topological polar surface area (TPSA) is 99.9 Å². The van der Waals surface area contributed by atoms with E-state index in [1.165, 1.54) is 6.20 Å². The number of carbonyl (C=O) groups excluding carboxylic acids is 1. The van der Waals surface area contributed by atoms with Gasteiger partial charge in [-0.25, -0.2) is 4.98 Å². The molecule has 1 amide bonds. The van der Waals surface area contributed by atoms with Crippen LogP contribution in [0.2, 0.25) is 0 Å². The maximum absolute atomic E-state index is 12.0. The molecule has 2 heterocycles. The number of carbonyl (C=O) groups is 1. The highest BCUT2D eigenvalue weighted by atomic mass is 16.5. The summed E-state index contributed by atoms with van der Waals surface area (Å²) in [5, 5.41) is 16.3. The SMILES string of the molecule is CCOc1ccc2nc(NCCCNC(=O)c3cccnc3)c(C#N)cc2c1. The number of fused-ring (bicyclic) bond motifs is 1. The summed E-state index contributed by atoms with van der Waals surface area (Å²) >= 11 is 0. The molecule has 2 aromatic heterocycles. The molecule has 3 aromatic rings. The van der Waals surface area contributed by atoms with E-state index in [2.05, 4.69) is 26.7 Å². The normalized spacial score (nSPS) is 10.3. The van der Waals surface area contributed by atoms with Gasteiger partial charge in [-0.3, -0.25) is 9.78 Å². The number of amides is 1. The Kier molecular flexibility index (Phi) is 6.37. The third-order valence-electron chi connectivity index (χ3n) is 4.07. The number of rotatable bonds is 8. The minimum Gasteiger partial charge on any atom is -0.494 e. The molecule has 0 unspecified atom stereocenters. The largest absolute Gasteiger partial charge is 0.494 e. The van der Waals surface area contributed by atoms with E-state index in [1.807, 2.05) is 25.1 Å². The molecular weight excluding hydrogens is 354 g/mol. The van der Waals surface area contributed by atoms with Gasteiger partial charge in [0.2, 0.25) is 0 Å². The summed E-state index contributed by atoms with van der Waals surface area (Å²) in [6.07, 6.45) is 3.85. The molecule has 2 N–H and O–H groups in total. The van der Waals surface area contributed by atoms with E-state index in [9.17, 15) is 10.1 Å². The summed E-state index contributed by atoms with van der Waals surface area (Å²) in [5.74, 6) is 1.14. The van der Waals surface area contributed by atoms with E-state index >= 15 is 0 Å². The van der Waals surface area contributed by atoms with Gasteiger partial charge in [0.25, 0.3) is 5.91 Å². The monoisotopic (exact) mass is 375 g/mol. The van der Waals surface area contributed by atoms with E-state index in [1.54, 1.807) is 24.4 Å². The van der Waals surface area contributed by atoms with Crippen molar-refractivity contribution in [3.8, 4) is 11.8 Å². The van der Waals surface area contributed by atoms with Gasteiger partial charge < -0.3 is 15.4 Å². The second-order valence-corrected chi connectivity index (χ2v) is 6.06. The fraction of sp³-hybridized carbons (Fsp3) is 0.238. The highest BCUT2D eigenvalue weighted by Gasteiger charge is 2.08. The molecule has 0 saturated carbocycles. The minimum absolute atomic E-state index is 0.153. The first-order valence-electron chi connectivity index (χ1n) is 9.11. The molecule has 142 valence electrons.